The molecular formula is C12H11F3N2O. The van der Waals surface area contributed by atoms with Gasteiger partial charge in [-0.1, -0.05) is 5.92 Å². The summed E-state index contributed by atoms with van der Waals surface area (Å²) < 4.78 is 36.1. The summed E-state index contributed by atoms with van der Waals surface area (Å²) >= 11 is 0. The molecule has 0 aromatic carbocycles. The molecule has 0 bridgehead atoms. The predicted octanol–water partition coefficient (Wildman–Crippen LogP) is 2.00. The lowest BCUT2D eigenvalue weighted by atomic mass is 9.86. The summed E-state index contributed by atoms with van der Waals surface area (Å²) in [5.74, 6) is 8.81. The first kappa shape index (κ1) is 12.7. The molecule has 1 aliphatic rings. The van der Waals surface area contributed by atoms with Gasteiger partial charge >= 0.3 is 6.18 Å². The van der Waals surface area contributed by atoms with Gasteiger partial charge in [0.05, 0.1) is 0 Å². The molecular weight excluding hydrogens is 245 g/mol. The third kappa shape index (κ3) is 2.93. The number of hydrogen-bond donors (Lipinski definition) is 1. The summed E-state index contributed by atoms with van der Waals surface area (Å²) in [6.07, 6.45) is -1.33. The summed E-state index contributed by atoms with van der Waals surface area (Å²) in [4.78, 5) is 8.86. The van der Waals surface area contributed by atoms with Gasteiger partial charge in [0.2, 0.25) is 0 Å². The SMILES string of the molecule is NOc1ccnc2c1CC(C#CC(F)(F)F)CC2. The van der Waals surface area contributed by atoms with Crippen LogP contribution in [-0.2, 0) is 12.8 Å². The predicted molar refractivity (Wildman–Crippen MR) is 58.4 cm³/mol. The molecule has 0 amide bonds. The Morgan fingerprint density at radius 2 is 2.22 bits per heavy atom. The third-order valence-electron chi connectivity index (χ3n) is 2.83. The molecule has 0 fully saturated rings. The second kappa shape index (κ2) is 4.86. The Morgan fingerprint density at radius 3 is 2.89 bits per heavy atom. The van der Waals surface area contributed by atoms with Crippen molar-refractivity contribution < 1.29 is 18.0 Å². The van der Waals surface area contributed by atoms with Crippen molar-refractivity contribution in [3.05, 3.63) is 23.5 Å². The van der Waals surface area contributed by atoms with E-state index in [-0.39, 0.29) is 5.92 Å². The number of rotatable bonds is 1. The number of alkyl halides is 3. The van der Waals surface area contributed by atoms with E-state index in [4.69, 9.17) is 10.7 Å². The quantitative estimate of drug-likeness (QED) is 0.617. The molecule has 6 heteroatoms. The van der Waals surface area contributed by atoms with E-state index in [1.165, 1.54) is 5.92 Å². The molecule has 3 nitrogen and oxygen atoms in total. The molecule has 18 heavy (non-hydrogen) atoms. The second-order valence-corrected chi connectivity index (χ2v) is 4.06. The second-order valence-electron chi connectivity index (χ2n) is 4.06. The molecule has 1 atom stereocenters. The topological polar surface area (TPSA) is 48.1 Å². The fourth-order valence-corrected chi connectivity index (χ4v) is 2.03. The van der Waals surface area contributed by atoms with Gasteiger partial charge in [-0.25, -0.2) is 0 Å². The van der Waals surface area contributed by atoms with E-state index in [9.17, 15) is 13.2 Å². The van der Waals surface area contributed by atoms with Crippen molar-refractivity contribution in [2.75, 3.05) is 0 Å². The van der Waals surface area contributed by atoms with Gasteiger partial charge in [-0.3, -0.25) is 4.98 Å². The van der Waals surface area contributed by atoms with E-state index in [1.807, 2.05) is 0 Å². The van der Waals surface area contributed by atoms with Crippen molar-refractivity contribution in [3.8, 4) is 17.6 Å². The Bertz CT molecular complexity index is 488. The van der Waals surface area contributed by atoms with E-state index in [0.29, 0.717) is 25.0 Å². The average molecular weight is 256 g/mol. The fraction of sp³-hybridized carbons (Fsp3) is 0.417. The molecule has 0 saturated heterocycles. The summed E-state index contributed by atoms with van der Waals surface area (Å²) in [5.41, 5.74) is 1.58. The van der Waals surface area contributed by atoms with Crippen molar-refractivity contribution in [2.45, 2.75) is 25.4 Å². The first-order chi connectivity index (χ1) is 8.49. The van der Waals surface area contributed by atoms with Gasteiger partial charge in [0, 0.05) is 35.4 Å². The van der Waals surface area contributed by atoms with Crippen LogP contribution < -0.4 is 10.7 Å². The zero-order valence-electron chi connectivity index (χ0n) is 9.42. The van der Waals surface area contributed by atoms with E-state index < -0.39 is 6.18 Å². The van der Waals surface area contributed by atoms with Crippen molar-refractivity contribution in [2.24, 2.45) is 11.8 Å². The smallest absolute Gasteiger partial charge is 0.411 e. The third-order valence-corrected chi connectivity index (χ3v) is 2.83. The maximum atomic E-state index is 12.0. The minimum Gasteiger partial charge on any atom is -0.411 e. The number of aromatic nitrogens is 1. The minimum absolute atomic E-state index is 0.336. The Kier molecular flexibility index (Phi) is 3.43. The molecule has 1 heterocycles. The Hall–Kier alpha value is -1.74. The number of nitrogens with two attached hydrogens (primary N) is 1. The van der Waals surface area contributed by atoms with Crippen LogP contribution in [0.25, 0.3) is 0 Å². The fourth-order valence-electron chi connectivity index (χ4n) is 2.03. The van der Waals surface area contributed by atoms with Crippen molar-refractivity contribution in [1.82, 2.24) is 4.98 Å². The standard InChI is InChI=1S/C12H11F3N2O/c13-12(14,15)5-3-8-1-2-10-9(7-8)11(18-16)4-6-17-10/h4,6,8H,1-2,7,16H2. The van der Waals surface area contributed by atoms with Crippen molar-refractivity contribution in [3.63, 3.8) is 0 Å². The highest BCUT2D eigenvalue weighted by Gasteiger charge is 2.25. The molecule has 1 aromatic heterocycles. The van der Waals surface area contributed by atoms with Crippen molar-refractivity contribution in [1.29, 1.82) is 0 Å². The normalized spacial score (nSPS) is 18.6. The maximum absolute atomic E-state index is 12.0. The zero-order valence-corrected chi connectivity index (χ0v) is 9.42. The van der Waals surface area contributed by atoms with Gasteiger partial charge < -0.3 is 4.84 Å². The summed E-state index contributed by atoms with van der Waals surface area (Å²) in [5, 5.41) is 0. The molecule has 96 valence electrons. The summed E-state index contributed by atoms with van der Waals surface area (Å²) in [6.45, 7) is 0. The highest BCUT2D eigenvalue weighted by Crippen LogP contribution is 2.30. The molecule has 0 saturated carbocycles. The lowest BCUT2D eigenvalue weighted by Gasteiger charge is -2.21. The monoisotopic (exact) mass is 256 g/mol. The highest BCUT2D eigenvalue weighted by atomic mass is 19.4. The van der Waals surface area contributed by atoms with Gasteiger partial charge in [-0.05, 0) is 19.3 Å². The molecule has 0 aliphatic heterocycles. The Balaban J connectivity index is 2.21. The first-order valence-corrected chi connectivity index (χ1v) is 5.42. The molecule has 0 spiro atoms. The van der Waals surface area contributed by atoms with E-state index in [2.05, 4.69) is 10.9 Å². The number of halogens is 3. The number of fused-ring (bicyclic) bond motifs is 1. The van der Waals surface area contributed by atoms with Crippen LogP contribution in [0.5, 0.6) is 5.75 Å². The molecule has 2 rings (SSSR count). The number of nitrogens with zero attached hydrogens (tertiary/aromatic N) is 1. The average Bonchev–Trinajstić information content (AvgIpc) is 2.34. The van der Waals surface area contributed by atoms with Crippen LogP contribution in [0.3, 0.4) is 0 Å². The van der Waals surface area contributed by atoms with E-state index >= 15 is 0 Å². The number of pyridine rings is 1. The van der Waals surface area contributed by atoms with Crippen LogP contribution in [-0.4, -0.2) is 11.2 Å². The van der Waals surface area contributed by atoms with Crippen LogP contribution in [0.4, 0.5) is 13.2 Å². The van der Waals surface area contributed by atoms with E-state index in [0.717, 1.165) is 11.3 Å². The maximum Gasteiger partial charge on any atom is 0.457 e. The molecule has 1 aliphatic carbocycles. The first-order valence-electron chi connectivity index (χ1n) is 5.42. The van der Waals surface area contributed by atoms with Crippen LogP contribution in [0.15, 0.2) is 12.3 Å². The Morgan fingerprint density at radius 1 is 1.44 bits per heavy atom. The van der Waals surface area contributed by atoms with Crippen LogP contribution in [0, 0.1) is 17.8 Å². The molecule has 2 N–H and O–H groups in total. The summed E-state index contributed by atoms with van der Waals surface area (Å²) in [7, 11) is 0. The lowest BCUT2D eigenvalue weighted by molar-refractivity contribution is -0.0698. The largest absolute Gasteiger partial charge is 0.457 e. The van der Waals surface area contributed by atoms with Crippen molar-refractivity contribution >= 4 is 0 Å². The van der Waals surface area contributed by atoms with Crippen LogP contribution in [0.1, 0.15) is 17.7 Å². The number of aryl methyl sites for hydroxylation is 1. The highest BCUT2D eigenvalue weighted by molar-refractivity contribution is 5.38. The summed E-state index contributed by atoms with van der Waals surface area (Å²) in [6, 6.07) is 1.60. The van der Waals surface area contributed by atoms with Gasteiger partial charge in [0.15, 0.2) is 5.75 Å². The molecule has 1 unspecified atom stereocenters. The number of hydrogen-bond acceptors (Lipinski definition) is 3. The minimum atomic E-state index is -4.44. The van der Waals surface area contributed by atoms with Gasteiger partial charge in [0.25, 0.3) is 0 Å². The van der Waals surface area contributed by atoms with Gasteiger partial charge in [-0.15, -0.1) is 0 Å². The van der Waals surface area contributed by atoms with E-state index in [1.54, 1.807) is 12.3 Å². The van der Waals surface area contributed by atoms with Gasteiger partial charge in [-0.2, -0.15) is 19.1 Å². The van der Waals surface area contributed by atoms with Crippen LogP contribution in [0.2, 0.25) is 0 Å². The van der Waals surface area contributed by atoms with Crippen LogP contribution >= 0.6 is 0 Å². The molecule has 0 radical (unpaired) electrons. The van der Waals surface area contributed by atoms with Gasteiger partial charge in [0.1, 0.15) is 0 Å². The molecule has 1 aromatic rings. The Labute approximate surface area is 102 Å². The zero-order chi connectivity index (χ0) is 13.2. The lowest BCUT2D eigenvalue weighted by Crippen LogP contribution is -2.17.